The Kier molecular flexibility index (Phi) is 4.30. The number of hydrogen-bond acceptors (Lipinski definition) is 2. The fourth-order valence-corrected chi connectivity index (χ4v) is 2.86. The van der Waals surface area contributed by atoms with E-state index in [1.165, 1.54) is 0 Å². The molecular formula is C14H13Br2NO. The average Bonchev–Trinajstić information content (AvgIpc) is 2.33. The lowest BCUT2D eigenvalue weighted by atomic mass is 10.1. The van der Waals surface area contributed by atoms with Gasteiger partial charge in [0.1, 0.15) is 12.4 Å². The number of ether oxygens (including phenoxy) is 1. The van der Waals surface area contributed by atoms with Gasteiger partial charge < -0.3 is 10.5 Å². The third kappa shape index (κ3) is 2.87. The highest BCUT2D eigenvalue weighted by Gasteiger charge is 2.07. The Bertz CT molecular complexity index is 549. The van der Waals surface area contributed by atoms with Crippen LogP contribution in [0.4, 0.5) is 5.69 Å². The molecule has 18 heavy (non-hydrogen) atoms. The summed E-state index contributed by atoms with van der Waals surface area (Å²) in [5, 5.41) is 0. The Balaban J connectivity index is 2.19. The van der Waals surface area contributed by atoms with Gasteiger partial charge in [-0.3, -0.25) is 0 Å². The summed E-state index contributed by atoms with van der Waals surface area (Å²) in [7, 11) is 0. The number of benzene rings is 2. The second kappa shape index (κ2) is 5.76. The van der Waals surface area contributed by atoms with Crippen molar-refractivity contribution in [3.8, 4) is 5.75 Å². The van der Waals surface area contributed by atoms with Gasteiger partial charge in [0.15, 0.2) is 0 Å². The molecule has 94 valence electrons. The summed E-state index contributed by atoms with van der Waals surface area (Å²) in [6.45, 7) is 2.50. The topological polar surface area (TPSA) is 35.2 Å². The van der Waals surface area contributed by atoms with Crippen LogP contribution >= 0.6 is 31.9 Å². The second-order valence-corrected chi connectivity index (χ2v) is 5.68. The van der Waals surface area contributed by atoms with Gasteiger partial charge in [0.25, 0.3) is 0 Å². The maximum atomic E-state index is 5.88. The molecule has 0 saturated heterocycles. The van der Waals surface area contributed by atoms with E-state index in [-0.39, 0.29) is 0 Å². The fourth-order valence-electron chi connectivity index (χ4n) is 1.63. The van der Waals surface area contributed by atoms with Crippen molar-refractivity contribution in [1.82, 2.24) is 0 Å². The largest absolute Gasteiger partial charge is 0.487 e. The lowest BCUT2D eigenvalue weighted by Crippen LogP contribution is -2.01. The van der Waals surface area contributed by atoms with Gasteiger partial charge in [0, 0.05) is 5.69 Å². The van der Waals surface area contributed by atoms with Gasteiger partial charge in [0.05, 0.1) is 8.95 Å². The molecule has 0 bridgehead atoms. The first-order valence-corrected chi connectivity index (χ1v) is 7.09. The van der Waals surface area contributed by atoms with E-state index in [4.69, 9.17) is 10.5 Å². The molecule has 0 fully saturated rings. The number of hydrogen-bond donors (Lipinski definition) is 1. The van der Waals surface area contributed by atoms with E-state index in [0.717, 1.165) is 31.5 Å². The molecule has 4 heteroatoms. The first kappa shape index (κ1) is 13.4. The molecule has 0 amide bonds. The normalized spacial score (nSPS) is 10.4. The Morgan fingerprint density at radius 3 is 2.33 bits per heavy atom. The van der Waals surface area contributed by atoms with Crippen LogP contribution < -0.4 is 10.5 Å². The summed E-state index contributed by atoms with van der Waals surface area (Å²) in [6.07, 6.45) is 0. The SMILES string of the molecule is Cc1c(N)cccc1COc1c(Br)cccc1Br. The molecule has 2 nitrogen and oxygen atoms in total. The van der Waals surface area contributed by atoms with Crippen molar-refractivity contribution in [3.05, 3.63) is 56.5 Å². The Hall–Kier alpha value is -1.000. The molecule has 2 rings (SSSR count). The van der Waals surface area contributed by atoms with E-state index in [2.05, 4.69) is 31.9 Å². The molecular weight excluding hydrogens is 358 g/mol. The summed E-state index contributed by atoms with van der Waals surface area (Å²) in [4.78, 5) is 0. The van der Waals surface area contributed by atoms with Crippen LogP contribution in [0, 0.1) is 6.92 Å². The van der Waals surface area contributed by atoms with E-state index in [1.807, 2.05) is 43.3 Å². The van der Waals surface area contributed by atoms with Crippen LogP contribution in [0.15, 0.2) is 45.3 Å². The lowest BCUT2D eigenvalue weighted by molar-refractivity contribution is 0.301. The fraction of sp³-hybridized carbons (Fsp3) is 0.143. The summed E-state index contributed by atoms with van der Waals surface area (Å²) >= 11 is 6.95. The van der Waals surface area contributed by atoms with Gasteiger partial charge >= 0.3 is 0 Å². The van der Waals surface area contributed by atoms with Gasteiger partial charge in [-0.2, -0.15) is 0 Å². The van der Waals surface area contributed by atoms with Crippen molar-refractivity contribution in [2.24, 2.45) is 0 Å². The molecule has 0 heterocycles. The van der Waals surface area contributed by atoms with E-state index >= 15 is 0 Å². The zero-order valence-corrected chi connectivity index (χ0v) is 13.1. The number of halogens is 2. The standard InChI is InChI=1S/C14H13Br2NO/c1-9-10(4-2-7-13(9)17)8-18-14-11(15)5-3-6-12(14)16/h2-7H,8,17H2,1H3. The number of para-hydroxylation sites is 1. The van der Waals surface area contributed by atoms with Gasteiger partial charge in [0.2, 0.25) is 0 Å². The molecule has 2 aromatic carbocycles. The van der Waals surface area contributed by atoms with Gasteiger partial charge in [-0.15, -0.1) is 0 Å². The summed E-state index contributed by atoms with van der Waals surface area (Å²) in [6, 6.07) is 11.7. The van der Waals surface area contributed by atoms with E-state index < -0.39 is 0 Å². The highest BCUT2D eigenvalue weighted by molar-refractivity contribution is 9.11. The number of nitrogens with two attached hydrogens (primary N) is 1. The van der Waals surface area contributed by atoms with Crippen molar-refractivity contribution in [2.45, 2.75) is 13.5 Å². The molecule has 2 N–H and O–H groups in total. The molecule has 0 aliphatic rings. The molecule has 2 aromatic rings. The third-order valence-corrected chi connectivity index (χ3v) is 4.03. The van der Waals surface area contributed by atoms with Crippen LogP contribution in [0.2, 0.25) is 0 Å². The van der Waals surface area contributed by atoms with E-state index in [1.54, 1.807) is 0 Å². The third-order valence-electron chi connectivity index (χ3n) is 2.78. The van der Waals surface area contributed by atoms with E-state index in [9.17, 15) is 0 Å². The lowest BCUT2D eigenvalue weighted by Gasteiger charge is -2.12. The van der Waals surface area contributed by atoms with Crippen LogP contribution in [0.5, 0.6) is 5.75 Å². The average molecular weight is 371 g/mol. The maximum absolute atomic E-state index is 5.88. The Morgan fingerprint density at radius 2 is 1.67 bits per heavy atom. The minimum absolute atomic E-state index is 0.498. The van der Waals surface area contributed by atoms with Crippen LogP contribution in [-0.4, -0.2) is 0 Å². The number of anilines is 1. The monoisotopic (exact) mass is 369 g/mol. The maximum Gasteiger partial charge on any atom is 0.148 e. The second-order valence-electron chi connectivity index (χ2n) is 3.97. The first-order valence-electron chi connectivity index (χ1n) is 5.50. The zero-order valence-electron chi connectivity index (χ0n) is 9.91. The quantitative estimate of drug-likeness (QED) is 0.796. The minimum atomic E-state index is 0.498. The Labute approximate surface area is 123 Å². The van der Waals surface area contributed by atoms with Crippen LogP contribution in [0.25, 0.3) is 0 Å². The number of nitrogen functional groups attached to an aromatic ring is 1. The summed E-state index contributed by atoms with van der Waals surface area (Å²) in [5.74, 6) is 0.805. The van der Waals surface area contributed by atoms with Crippen molar-refractivity contribution in [1.29, 1.82) is 0 Å². The smallest absolute Gasteiger partial charge is 0.148 e. The minimum Gasteiger partial charge on any atom is -0.487 e. The van der Waals surface area contributed by atoms with Gasteiger partial charge in [-0.25, -0.2) is 0 Å². The molecule has 0 aliphatic heterocycles. The highest BCUT2D eigenvalue weighted by atomic mass is 79.9. The Morgan fingerprint density at radius 1 is 1.06 bits per heavy atom. The molecule has 0 unspecified atom stereocenters. The predicted octanol–water partition coefficient (Wildman–Crippen LogP) is 4.68. The van der Waals surface area contributed by atoms with Crippen molar-refractivity contribution in [2.75, 3.05) is 5.73 Å². The zero-order chi connectivity index (χ0) is 13.1. The number of rotatable bonds is 3. The summed E-state index contributed by atoms with van der Waals surface area (Å²) < 4.78 is 7.70. The molecule has 0 spiro atoms. The molecule has 0 aliphatic carbocycles. The van der Waals surface area contributed by atoms with Crippen molar-refractivity contribution < 1.29 is 4.74 Å². The van der Waals surface area contributed by atoms with Gasteiger partial charge in [-0.1, -0.05) is 18.2 Å². The van der Waals surface area contributed by atoms with Crippen LogP contribution in [0.1, 0.15) is 11.1 Å². The molecule has 0 atom stereocenters. The summed E-state index contributed by atoms with van der Waals surface area (Å²) in [5.41, 5.74) is 8.83. The molecule has 0 aromatic heterocycles. The first-order chi connectivity index (χ1) is 8.59. The van der Waals surface area contributed by atoms with Crippen LogP contribution in [0.3, 0.4) is 0 Å². The van der Waals surface area contributed by atoms with Crippen LogP contribution in [-0.2, 0) is 6.61 Å². The predicted molar refractivity (Wildman–Crippen MR) is 81.8 cm³/mol. The highest BCUT2D eigenvalue weighted by Crippen LogP contribution is 2.33. The molecule has 0 radical (unpaired) electrons. The van der Waals surface area contributed by atoms with E-state index in [0.29, 0.717) is 6.61 Å². The van der Waals surface area contributed by atoms with Crippen molar-refractivity contribution >= 4 is 37.5 Å². The van der Waals surface area contributed by atoms with Gasteiger partial charge in [-0.05, 0) is 68.1 Å². The van der Waals surface area contributed by atoms with Crippen molar-refractivity contribution in [3.63, 3.8) is 0 Å². The molecule has 0 saturated carbocycles.